The molecule has 0 radical (unpaired) electrons. The molecule has 0 fully saturated rings. The van der Waals surface area contributed by atoms with Gasteiger partial charge in [0.1, 0.15) is 5.82 Å². The van der Waals surface area contributed by atoms with Crippen LogP contribution in [-0.2, 0) is 6.42 Å². The molecule has 0 aliphatic rings. The van der Waals surface area contributed by atoms with Gasteiger partial charge in [-0.05, 0) is 35.3 Å². The van der Waals surface area contributed by atoms with E-state index < -0.39 is 0 Å². The number of halogens is 1. The fourth-order valence-corrected chi connectivity index (χ4v) is 2.46. The molecule has 0 aliphatic carbocycles. The van der Waals surface area contributed by atoms with Gasteiger partial charge in [-0.3, -0.25) is 0 Å². The summed E-state index contributed by atoms with van der Waals surface area (Å²) >= 11 is 3.59. The molecule has 0 amide bonds. The molecule has 5 nitrogen and oxygen atoms in total. The molecule has 1 N–H and O–H groups in total. The van der Waals surface area contributed by atoms with Crippen molar-refractivity contribution >= 4 is 21.7 Å². The summed E-state index contributed by atoms with van der Waals surface area (Å²) in [5.74, 6) is 2.08. The van der Waals surface area contributed by atoms with Crippen LogP contribution in [0.5, 0.6) is 5.88 Å². The van der Waals surface area contributed by atoms with Gasteiger partial charge >= 0.3 is 0 Å². The number of nitrogens with one attached hydrogen (secondary N) is 1. The Morgan fingerprint density at radius 3 is 2.62 bits per heavy atom. The summed E-state index contributed by atoms with van der Waals surface area (Å²) in [6.45, 7) is 4.99. The highest BCUT2D eigenvalue weighted by Crippen LogP contribution is 2.28. The number of ether oxygens (including phenoxy) is 1. The van der Waals surface area contributed by atoms with Crippen molar-refractivity contribution in [1.29, 1.82) is 0 Å². The zero-order valence-corrected chi connectivity index (χ0v) is 14.1. The topological polar surface area (TPSA) is 59.9 Å². The molecule has 6 heteroatoms. The number of methoxy groups -OCH3 is 1. The van der Waals surface area contributed by atoms with Gasteiger partial charge in [0.25, 0.3) is 0 Å². The van der Waals surface area contributed by atoms with Crippen LogP contribution in [0.25, 0.3) is 11.4 Å². The molecule has 2 aromatic rings. The molecular weight excluding hydrogens is 332 g/mol. The summed E-state index contributed by atoms with van der Waals surface area (Å²) in [6, 6.07) is 3.73. The lowest BCUT2D eigenvalue weighted by molar-refractivity contribution is 0.398. The SMILES string of the molecule is CCCc1nc(-c2ccc(OC)nc2)nc(NCC)c1Br. The molecule has 2 heterocycles. The van der Waals surface area contributed by atoms with Gasteiger partial charge in [-0.25, -0.2) is 15.0 Å². The first-order valence-corrected chi connectivity index (χ1v) is 7.79. The first-order chi connectivity index (χ1) is 10.2. The molecule has 0 saturated heterocycles. The second-order valence-electron chi connectivity index (χ2n) is 4.53. The molecule has 2 aromatic heterocycles. The van der Waals surface area contributed by atoms with Crippen molar-refractivity contribution in [2.24, 2.45) is 0 Å². The maximum absolute atomic E-state index is 5.08. The van der Waals surface area contributed by atoms with E-state index in [9.17, 15) is 0 Å². The monoisotopic (exact) mass is 350 g/mol. The Labute approximate surface area is 133 Å². The van der Waals surface area contributed by atoms with Crippen molar-refractivity contribution in [2.75, 3.05) is 19.0 Å². The highest BCUT2D eigenvalue weighted by atomic mass is 79.9. The molecule has 112 valence electrons. The minimum absolute atomic E-state index is 0.580. The average molecular weight is 351 g/mol. The van der Waals surface area contributed by atoms with Crippen LogP contribution in [0, 0.1) is 0 Å². The second-order valence-corrected chi connectivity index (χ2v) is 5.32. The van der Waals surface area contributed by atoms with Gasteiger partial charge in [0.05, 0.1) is 17.3 Å². The predicted molar refractivity (Wildman–Crippen MR) is 87.7 cm³/mol. The Kier molecular flexibility index (Phi) is 5.50. The van der Waals surface area contributed by atoms with E-state index in [0.29, 0.717) is 11.7 Å². The Morgan fingerprint density at radius 2 is 2.05 bits per heavy atom. The number of pyridine rings is 1. The third-order valence-corrected chi connectivity index (χ3v) is 3.79. The maximum atomic E-state index is 5.08. The van der Waals surface area contributed by atoms with E-state index in [1.807, 2.05) is 19.1 Å². The van der Waals surface area contributed by atoms with Gasteiger partial charge < -0.3 is 10.1 Å². The first-order valence-electron chi connectivity index (χ1n) is 7.00. The van der Waals surface area contributed by atoms with Crippen molar-refractivity contribution in [3.8, 4) is 17.3 Å². The van der Waals surface area contributed by atoms with Crippen molar-refractivity contribution in [3.05, 3.63) is 28.5 Å². The second kappa shape index (κ2) is 7.36. The van der Waals surface area contributed by atoms with Gasteiger partial charge in [-0.1, -0.05) is 13.3 Å². The number of nitrogens with zero attached hydrogens (tertiary/aromatic N) is 3. The normalized spacial score (nSPS) is 10.5. The molecule has 0 atom stereocenters. The standard InChI is InChI=1S/C15H19BrN4O/c1-4-6-11-13(16)15(17-5-2)20-14(19-11)10-7-8-12(21-3)18-9-10/h7-9H,4-6H2,1-3H3,(H,17,19,20). The van der Waals surface area contributed by atoms with E-state index in [2.05, 4.69) is 43.1 Å². The molecule has 0 aliphatic heterocycles. The Balaban J connectivity index is 2.45. The van der Waals surface area contributed by atoms with Crippen molar-refractivity contribution in [1.82, 2.24) is 15.0 Å². The third-order valence-electron chi connectivity index (χ3n) is 2.95. The van der Waals surface area contributed by atoms with Crippen LogP contribution in [0.3, 0.4) is 0 Å². The molecular formula is C15H19BrN4O. The molecule has 0 unspecified atom stereocenters. The van der Waals surface area contributed by atoms with Crippen molar-refractivity contribution < 1.29 is 4.74 Å². The van der Waals surface area contributed by atoms with E-state index in [1.165, 1.54) is 0 Å². The van der Waals surface area contributed by atoms with Gasteiger partial charge in [0.2, 0.25) is 5.88 Å². The van der Waals surface area contributed by atoms with Crippen LogP contribution in [-0.4, -0.2) is 28.6 Å². The number of aryl methyl sites for hydroxylation is 1. The number of hydrogen-bond acceptors (Lipinski definition) is 5. The quantitative estimate of drug-likeness (QED) is 0.860. The van der Waals surface area contributed by atoms with Crippen LogP contribution in [0.4, 0.5) is 5.82 Å². The molecule has 0 spiro atoms. The Bertz CT molecular complexity index is 574. The maximum Gasteiger partial charge on any atom is 0.212 e. The lowest BCUT2D eigenvalue weighted by atomic mass is 10.2. The number of rotatable bonds is 6. The summed E-state index contributed by atoms with van der Waals surface area (Å²) in [5.41, 5.74) is 1.88. The van der Waals surface area contributed by atoms with E-state index in [4.69, 9.17) is 4.74 Å². The molecule has 0 bridgehead atoms. The zero-order valence-electron chi connectivity index (χ0n) is 12.5. The van der Waals surface area contributed by atoms with Gasteiger partial charge in [0, 0.05) is 24.4 Å². The lowest BCUT2D eigenvalue weighted by Gasteiger charge is -2.12. The predicted octanol–water partition coefficient (Wildman–Crippen LogP) is 3.69. The smallest absolute Gasteiger partial charge is 0.212 e. The summed E-state index contributed by atoms with van der Waals surface area (Å²) in [6.07, 6.45) is 3.66. The van der Waals surface area contributed by atoms with Crippen LogP contribution < -0.4 is 10.1 Å². The Morgan fingerprint density at radius 1 is 1.24 bits per heavy atom. The van der Waals surface area contributed by atoms with E-state index in [0.717, 1.165) is 40.9 Å². The molecule has 2 rings (SSSR count). The van der Waals surface area contributed by atoms with Crippen molar-refractivity contribution in [3.63, 3.8) is 0 Å². The minimum Gasteiger partial charge on any atom is -0.481 e. The molecule has 21 heavy (non-hydrogen) atoms. The molecule has 0 aromatic carbocycles. The van der Waals surface area contributed by atoms with Gasteiger partial charge in [-0.15, -0.1) is 0 Å². The fourth-order valence-electron chi connectivity index (χ4n) is 1.94. The molecule has 0 saturated carbocycles. The summed E-state index contributed by atoms with van der Waals surface area (Å²) in [7, 11) is 1.60. The number of anilines is 1. The van der Waals surface area contributed by atoms with E-state index >= 15 is 0 Å². The van der Waals surface area contributed by atoms with Crippen LogP contribution >= 0.6 is 15.9 Å². The largest absolute Gasteiger partial charge is 0.481 e. The third kappa shape index (κ3) is 3.69. The first kappa shape index (κ1) is 15.7. The average Bonchev–Trinajstić information content (AvgIpc) is 2.51. The highest BCUT2D eigenvalue weighted by molar-refractivity contribution is 9.10. The van der Waals surface area contributed by atoms with Crippen LogP contribution in [0.2, 0.25) is 0 Å². The Hall–Kier alpha value is -1.69. The summed E-state index contributed by atoms with van der Waals surface area (Å²) in [4.78, 5) is 13.4. The van der Waals surface area contributed by atoms with E-state index in [-0.39, 0.29) is 0 Å². The summed E-state index contributed by atoms with van der Waals surface area (Å²) < 4.78 is 6.02. The van der Waals surface area contributed by atoms with Gasteiger partial charge in [0.15, 0.2) is 5.82 Å². The van der Waals surface area contributed by atoms with Crippen LogP contribution in [0.15, 0.2) is 22.8 Å². The number of aromatic nitrogens is 3. The van der Waals surface area contributed by atoms with E-state index in [1.54, 1.807) is 13.3 Å². The highest BCUT2D eigenvalue weighted by Gasteiger charge is 2.13. The zero-order chi connectivity index (χ0) is 15.2. The number of hydrogen-bond donors (Lipinski definition) is 1. The van der Waals surface area contributed by atoms with Gasteiger partial charge in [-0.2, -0.15) is 0 Å². The minimum atomic E-state index is 0.580. The van der Waals surface area contributed by atoms with Crippen molar-refractivity contribution in [2.45, 2.75) is 26.7 Å². The fraction of sp³-hybridized carbons (Fsp3) is 0.400. The summed E-state index contributed by atoms with van der Waals surface area (Å²) in [5, 5.41) is 3.26. The lowest BCUT2D eigenvalue weighted by Crippen LogP contribution is -2.06. The van der Waals surface area contributed by atoms with Crippen LogP contribution in [0.1, 0.15) is 26.0 Å².